The first-order chi connectivity index (χ1) is 10.2. The van der Waals surface area contributed by atoms with E-state index in [4.69, 9.17) is 0 Å². The van der Waals surface area contributed by atoms with E-state index in [0.29, 0.717) is 0 Å². The highest BCUT2D eigenvalue weighted by atomic mass is 127. The standard InChI is InChI=1S/C18H29N3.HI/c1-15(2)9-11-20-18(19-3)21-12-10-17(14-21)13-16-7-5-4-6-8-16;/h4-8,15,17H,9-14H2,1-3H3,(H,19,20);1H. The van der Waals surface area contributed by atoms with Crippen molar-refractivity contribution >= 4 is 29.9 Å². The van der Waals surface area contributed by atoms with Crippen molar-refractivity contribution in [3.63, 3.8) is 0 Å². The summed E-state index contributed by atoms with van der Waals surface area (Å²) >= 11 is 0. The highest BCUT2D eigenvalue weighted by Crippen LogP contribution is 2.20. The van der Waals surface area contributed by atoms with E-state index in [1.54, 1.807) is 0 Å². The molecule has 124 valence electrons. The van der Waals surface area contributed by atoms with Crippen LogP contribution < -0.4 is 5.32 Å². The van der Waals surface area contributed by atoms with Crippen molar-refractivity contribution in [3.8, 4) is 0 Å². The average Bonchev–Trinajstić information content (AvgIpc) is 2.93. The predicted octanol–water partition coefficient (Wildman–Crippen LogP) is 3.79. The van der Waals surface area contributed by atoms with Gasteiger partial charge in [-0.3, -0.25) is 4.99 Å². The monoisotopic (exact) mass is 415 g/mol. The number of nitrogens with one attached hydrogen (secondary N) is 1. The molecular formula is C18H30IN3. The van der Waals surface area contributed by atoms with Gasteiger partial charge in [-0.2, -0.15) is 0 Å². The van der Waals surface area contributed by atoms with Crippen molar-refractivity contribution in [2.24, 2.45) is 16.8 Å². The first kappa shape index (κ1) is 19.3. The van der Waals surface area contributed by atoms with Crippen LogP contribution in [-0.2, 0) is 6.42 Å². The molecule has 1 unspecified atom stereocenters. The van der Waals surface area contributed by atoms with Crippen LogP contribution in [0.3, 0.4) is 0 Å². The summed E-state index contributed by atoms with van der Waals surface area (Å²) in [7, 11) is 1.89. The molecule has 4 heteroatoms. The van der Waals surface area contributed by atoms with Crippen LogP contribution in [0.4, 0.5) is 0 Å². The van der Waals surface area contributed by atoms with Gasteiger partial charge in [0.15, 0.2) is 5.96 Å². The number of halogens is 1. The summed E-state index contributed by atoms with van der Waals surface area (Å²) < 4.78 is 0. The van der Waals surface area contributed by atoms with Gasteiger partial charge in [-0.25, -0.2) is 0 Å². The molecule has 1 N–H and O–H groups in total. The normalized spacial score (nSPS) is 18.5. The molecule has 0 aromatic heterocycles. The molecule has 1 aliphatic rings. The maximum Gasteiger partial charge on any atom is 0.193 e. The molecule has 1 aromatic rings. The lowest BCUT2D eigenvalue weighted by atomic mass is 9.99. The Morgan fingerprint density at radius 1 is 1.32 bits per heavy atom. The van der Waals surface area contributed by atoms with Gasteiger partial charge in [0.2, 0.25) is 0 Å². The molecule has 0 bridgehead atoms. The second kappa shape index (κ2) is 10.1. The molecule has 2 rings (SSSR count). The van der Waals surface area contributed by atoms with Gasteiger partial charge in [-0.1, -0.05) is 44.2 Å². The molecule has 1 atom stereocenters. The lowest BCUT2D eigenvalue weighted by molar-refractivity contribution is 0.455. The van der Waals surface area contributed by atoms with Crippen LogP contribution in [-0.4, -0.2) is 37.5 Å². The summed E-state index contributed by atoms with van der Waals surface area (Å²) in [5.41, 5.74) is 1.45. The highest BCUT2D eigenvalue weighted by molar-refractivity contribution is 14.0. The Kier molecular flexibility index (Phi) is 8.83. The Bertz CT molecular complexity index is 445. The molecule has 1 aliphatic heterocycles. The van der Waals surface area contributed by atoms with Gasteiger partial charge in [0.25, 0.3) is 0 Å². The minimum absolute atomic E-state index is 0. The van der Waals surface area contributed by atoms with Crippen molar-refractivity contribution in [2.45, 2.75) is 33.1 Å². The number of guanidine groups is 1. The van der Waals surface area contributed by atoms with Crippen LogP contribution >= 0.6 is 24.0 Å². The van der Waals surface area contributed by atoms with E-state index in [1.165, 1.54) is 24.8 Å². The number of hydrogen-bond donors (Lipinski definition) is 1. The lowest BCUT2D eigenvalue weighted by Gasteiger charge is -2.22. The Labute approximate surface area is 152 Å². The average molecular weight is 415 g/mol. The van der Waals surface area contributed by atoms with E-state index >= 15 is 0 Å². The summed E-state index contributed by atoms with van der Waals surface area (Å²) in [6, 6.07) is 10.8. The van der Waals surface area contributed by atoms with Gasteiger partial charge in [0.05, 0.1) is 0 Å². The molecule has 0 amide bonds. The Balaban J connectivity index is 0.00000242. The summed E-state index contributed by atoms with van der Waals surface area (Å²) in [5.74, 6) is 2.56. The molecule has 1 aromatic carbocycles. The van der Waals surface area contributed by atoms with Crippen molar-refractivity contribution in [1.29, 1.82) is 0 Å². The Morgan fingerprint density at radius 2 is 2.05 bits per heavy atom. The summed E-state index contributed by atoms with van der Waals surface area (Å²) in [4.78, 5) is 6.85. The van der Waals surface area contributed by atoms with Gasteiger partial charge < -0.3 is 10.2 Å². The molecule has 0 radical (unpaired) electrons. The van der Waals surface area contributed by atoms with Crippen molar-refractivity contribution in [1.82, 2.24) is 10.2 Å². The van der Waals surface area contributed by atoms with Gasteiger partial charge in [-0.15, -0.1) is 24.0 Å². The van der Waals surface area contributed by atoms with Crippen LogP contribution in [0.25, 0.3) is 0 Å². The molecular weight excluding hydrogens is 385 g/mol. The van der Waals surface area contributed by atoms with Crippen molar-refractivity contribution in [2.75, 3.05) is 26.7 Å². The van der Waals surface area contributed by atoms with Crippen LogP contribution in [0.15, 0.2) is 35.3 Å². The molecule has 22 heavy (non-hydrogen) atoms. The Morgan fingerprint density at radius 3 is 2.68 bits per heavy atom. The maximum absolute atomic E-state index is 4.44. The van der Waals surface area contributed by atoms with Gasteiger partial charge in [0, 0.05) is 26.7 Å². The molecule has 1 heterocycles. The summed E-state index contributed by atoms with van der Waals surface area (Å²) in [6.07, 6.45) is 3.64. The minimum atomic E-state index is 0. The summed E-state index contributed by atoms with van der Waals surface area (Å²) in [5, 5.41) is 3.50. The predicted molar refractivity (Wildman–Crippen MR) is 106 cm³/mol. The first-order valence-corrected chi connectivity index (χ1v) is 8.18. The smallest absolute Gasteiger partial charge is 0.193 e. The highest BCUT2D eigenvalue weighted by Gasteiger charge is 2.24. The van der Waals surface area contributed by atoms with Crippen LogP contribution in [0.5, 0.6) is 0 Å². The first-order valence-electron chi connectivity index (χ1n) is 8.18. The maximum atomic E-state index is 4.44. The van der Waals surface area contributed by atoms with E-state index in [-0.39, 0.29) is 24.0 Å². The van der Waals surface area contributed by atoms with Crippen LogP contribution in [0.2, 0.25) is 0 Å². The van der Waals surface area contributed by atoms with Crippen molar-refractivity contribution in [3.05, 3.63) is 35.9 Å². The van der Waals surface area contributed by atoms with Crippen LogP contribution in [0.1, 0.15) is 32.3 Å². The van der Waals surface area contributed by atoms with Gasteiger partial charge in [-0.05, 0) is 36.7 Å². The fourth-order valence-electron chi connectivity index (χ4n) is 2.94. The van der Waals surface area contributed by atoms with E-state index in [2.05, 4.69) is 59.4 Å². The summed E-state index contributed by atoms with van der Waals surface area (Å²) in [6.45, 7) is 7.78. The molecule has 0 spiro atoms. The molecule has 1 saturated heterocycles. The van der Waals surface area contributed by atoms with Gasteiger partial charge >= 0.3 is 0 Å². The largest absolute Gasteiger partial charge is 0.356 e. The number of rotatable bonds is 5. The number of likely N-dealkylation sites (tertiary alicyclic amines) is 1. The molecule has 0 aliphatic carbocycles. The quantitative estimate of drug-likeness (QED) is 0.450. The fourth-order valence-corrected chi connectivity index (χ4v) is 2.94. The zero-order chi connectivity index (χ0) is 15.1. The minimum Gasteiger partial charge on any atom is -0.356 e. The molecule has 0 saturated carbocycles. The third-order valence-corrected chi connectivity index (χ3v) is 4.17. The Hall–Kier alpha value is -0.780. The molecule has 1 fully saturated rings. The second-order valence-electron chi connectivity index (χ2n) is 6.45. The number of nitrogens with zero attached hydrogens (tertiary/aromatic N) is 2. The number of aliphatic imine (C=N–C) groups is 1. The van der Waals surface area contributed by atoms with E-state index in [1.807, 2.05) is 7.05 Å². The third kappa shape index (κ3) is 6.15. The van der Waals surface area contributed by atoms with E-state index in [9.17, 15) is 0 Å². The van der Waals surface area contributed by atoms with Gasteiger partial charge in [0.1, 0.15) is 0 Å². The number of benzene rings is 1. The second-order valence-corrected chi connectivity index (χ2v) is 6.45. The van der Waals surface area contributed by atoms with Crippen molar-refractivity contribution < 1.29 is 0 Å². The lowest BCUT2D eigenvalue weighted by Crippen LogP contribution is -2.40. The zero-order valence-electron chi connectivity index (χ0n) is 14.1. The number of hydrogen-bond acceptors (Lipinski definition) is 1. The third-order valence-electron chi connectivity index (χ3n) is 4.17. The molecule has 3 nitrogen and oxygen atoms in total. The SMILES string of the molecule is CN=C(NCCC(C)C)N1CCC(Cc2ccccc2)C1.I. The topological polar surface area (TPSA) is 27.6 Å². The fraction of sp³-hybridized carbons (Fsp3) is 0.611. The van der Waals surface area contributed by atoms with E-state index < -0.39 is 0 Å². The zero-order valence-corrected chi connectivity index (χ0v) is 16.4. The van der Waals surface area contributed by atoms with Crippen LogP contribution in [0, 0.1) is 11.8 Å². The van der Waals surface area contributed by atoms with E-state index in [0.717, 1.165) is 37.4 Å².